The number of carbonyl (C=O) groups is 1. The maximum atomic E-state index is 15.7. The van der Waals surface area contributed by atoms with E-state index in [0.717, 1.165) is 4.57 Å². The van der Waals surface area contributed by atoms with Crippen LogP contribution in [0.25, 0.3) is 11.2 Å². The summed E-state index contributed by atoms with van der Waals surface area (Å²) in [7, 11) is -2.73. The first kappa shape index (κ1) is 29.9. The van der Waals surface area contributed by atoms with Crippen LogP contribution in [0, 0.1) is 0 Å². The molecule has 3 aromatic rings. The van der Waals surface area contributed by atoms with Gasteiger partial charge in [-0.15, -0.1) is 0 Å². The number of anilines is 2. The Kier molecular flexibility index (Phi) is 8.83. The number of rotatable bonds is 11. The standard InChI is InChI=1S/C23H30ClFN7O7P/c1-12(2)37-20(34)13(3)31-40(35,39-14-8-6-5-7-9-14)36-10-15-17(33)23(24,25)21(38-15)32-11-28-16-18(27-4)29-22(26)30-19(16)32/h5-9,11-13,15,17,21,33H,10H2,1-4H3,(H,31,35)(H3,26,27,29,30)/t13-,15-,17-,21-,23-,40-/m1/s1. The maximum absolute atomic E-state index is 15.7. The number of carbonyl (C=O) groups excluding carboxylic acids is 1. The van der Waals surface area contributed by atoms with E-state index in [1.165, 1.54) is 25.4 Å². The molecule has 17 heteroatoms. The van der Waals surface area contributed by atoms with Gasteiger partial charge in [0.2, 0.25) is 5.95 Å². The Morgan fingerprint density at radius 3 is 2.67 bits per heavy atom. The zero-order valence-electron chi connectivity index (χ0n) is 22.0. The minimum absolute atomic E-state index is 0.0931. The van der Waals surface area contributed by atoms with Crippen LogP contribution in [0.2, 0.25) is 0 Å². The van der Waals surface area contributed by atoms with Crippen LogP contribution in [0.5, 0.6) is 5.75 Å². The molecule has 4 rings (SSSR count). The first-order valence-electron chi connectivity index (χ1n) is 12.2. The molecule has 1 aliphatic rings. The lowest BCUT2D eigenvalue weighted by Crippen LogP contribution is -2.40. The molecule has 0 radical (unpaired) electrons. The number of alkyl halides is 2. The second-order valence-corrected chi connectivity index (χ2v) is 11.5. The number of hydrogen-bond acceptors (Lipinski definition) is 12. The number of imidazole rings is 1. The van der Waals surface area contributed by atoms with Crippen LogP contribution in [-0.2, 0) is 23.4 Å². The van der Waals surface area contributed by atoms with Gasteiger partial charge < -0.3 is 30.2 Å². The number of nitrogens with one attached hydrogen (secondary N) is 2. The average Bonchev–Trinajstić information content (AvgIpc) is 3.40. The molecule has 0 amide bonds. The lowest BCUT2D eigenvalue weighted by Gasteiger charge is -2.25. The molecule has 6 atom stereocenters. The lowest BCUT2D eigenvalue weighted by atomic mass is 10.1. The quantitative estimate of drug-likeness (QED) is 0.143. The summed E-state index contributed by atoms with van der Waals surface area (Å²) in [5, 5.41) is 13.2. The van der Waals surface area contributed by atoms with Crippen LogP contribution in [0.15, 0.2) is 36.7 Å². The van der Waals surface area contributed by atoms with Crippen molar-refractivity contribution in [2.45, 2.75) is 56.5 Å². The molecule has 2 aromatic heterocycles. The van der Waals surface area contributed by atoms with Crippen molar-refractivity contribution < 1.29 is 37.4 Å². The van der Waals surface area contributed by atoms with Crippen molar-refractivity contribution in [1.82, 2.24) is 24.6 Å². The smallest absolute Gasteiger partial charge is 0.459 e. The van der Waals surface area contributed by atoms with E-state index in [1.807, 2.05) is 0 Å². The predicted molar refractivity (Wildman–Crippen MR) is 143 cm³/mol. The predicted octanol–water partition coefficient (Wildman–Crippen LogP) is 2.75. The van der Waals surface area contributed by atoms with Crippen molar-refractivity contribution in [3.8, 4) is 5.75 Å². The number of hydrogen-bond donors (Lipinski definition) is 4. The van der Waals surface area contributed by atoms with Gasteiger partial charge in [-0.05, 0) is 32.9 Å². The van der Waals surface area contributed by atoms with Gasteiger partial charge in [0, 0.05) is 7.05 Å². The van der Waals surface area contributed by atoms with Crippen molar-refractivity contribution in [3.05, 3.63) is 36.7 Å². The largest absolute Gasteiger partial charge is 0.462 e. The first-order valence-corrected chi connectivity index (χ1v) is 14.1. The van der Waals surface area contributed by atoms with Crippen molar-refractivity contribution in [1.29, 1.82) is 0 Å². The van der Waals surface area contributed by atoms with Gasteiger partial charge >= 0.3 is 13.7 Å². The van der Waals surface area contributed by atoms with E-state index in [0.29, 0.717) is 0 Å². The first-order chi connectivity index (χ1) is 18.8. The second-order valence-electron chi connectivity index (χ2n) is 9.18. The van der Waals surface area contributed by atoms with Gasteiger partial charge in [-0.1, -0.05) is 29.8 Å². The molecule has 0 bridgehead atoms. The molecule has 0 aliphatic carbocycles. The summed E-state index contributed by atoms with van der Waals surface area (Å²) in [4.78, 5) is 24.7. The molecule has 40 heavy (non-hydrogen) atoms. The molecule has 0 unspecified atom stereocenters. The highest BCUT2D eigenvalue weighted by atomic mass is 35.5. The van der Waals surface area contributed by atoms with Crippen LogP contribution in [0.3, 0.4) is 0 Å². The normalized spacial score (nSPS) is 25.1. The van der Waals surface area contributed by atoms with Gasteiger partial charge in [0.25, 0.3) is 5.13 Å². The number of aliphatic hydroxyl groups excluding tert-OH is 1. The maximum Gasteiger partial charge on any atom is 0.459 e. The second kappa shape index (κ2) is 11.8. The van der Waals surface area contributed by atoms with Gasteiger partial charge in [0.05, 0.1) is 19.0 Å². The van der Waals surface area contributed by atoms with E-state index >= 15 is 4.39 Å². The fraction of sp³-hybridized carbons (Fsp3) is 0.478. The molecular weight excluding hydrogens is 572 g/mol. The minimum atomic E-state index is -4.32. The summed E-state index contributed by atoms with van der Waals surface area (Å²) in [6.45, 7) is 4.09. The SMILES string of the molecule is CNc1nc(N)nc2c1ncn2[C@@H]1O[C@H](CO[P@](=O)(N[C@H](C)C(=O)OC(C)C)Oc2ccccc2)[C@@H](O)[C@]1(F)Cl. The molecule has 1 fully saturated rings. The molecule has 3 heterocycles. The van der Waals surface area contributed by atoms with Crippen molar-refractivity contribution in [2.75, 3.05) is 24.7 Å². The molecule has 14 nitrogen and oxygen atoms in total. The van der Waals surface area contributed by atoms with E-state index in [2.05, 4.69) is 25.4 Å². The van der Waals surface area contributed by atoms with E-state index in [1.54, 1.807) is 39.1 Å². The van der Waals surface area contributed by atoms with Crippen LogP contribution in [0.1, 0.15) is 27.0 Å². The summed E-state index contributed by atoms with van der Waals surface area (Å²) in [6, 6.07) is 6.93. The number of benzene rings is 1. The Hall–Kier alpha value is -3.07. The van der Waals surface area contributed by atoms with Crippen LogP contribution < -0.4 is 20.7 Å². The van der Waals surface area contributed by atoms with Crippen LogP contribution in [-0.4, -0.2) is 73.7 Å². The number of aliphatic hydroxyl groups is 1. The minimum Gasteiger partial charge on any atom is -0.462 e. The Morgan fingerprint density at radius 1 is 1.32 bits per heavy atom. The monoisotopic (exact) mass is 601 g/mol. The molecule has 5 N–H and O–H groups in total. The van der Waals surface area contributed by atoms with E-state index in [4.69, 9.17) is 35.9 Å². The van der Waals surface area contributed by atoms with Crippen molar-refractivity contribution in [3.63, 3.8) is 0 Å². The average molecular weight is 602 g/mol. The summed E-state index contributed by atoms with van der Waals surface area (Å²) < 4.78 is 52.6. The van der Waals surface area contributed by atoms with E-state index < -0.39 is 56.0 Å². The van der Waals surface area contributed by atoms with Crippen LogP contribution >= 0.6 is 19.3 Å². The summed E-state index contributed by atoms with van der Waals surface area (Å²) >= 11 is 6.12. The molecular formula is C23H30ClFN7O7P. The Labute approximate surface area is 233 Å². The Bertz CT molecular complexity index is 1400. The number of halogens is 2. The highest BCUT2D eigenvalue weighted by Gasteiger charge is 2.58. The van der Waals surface area contributed by atoms with Gasteiger partial charge in [-0.3, -0.25) is 13.9 Å². The summed E-state index contributed by atoms with van der Waals surface area (Å²) in [6.07, 6.45) is -4.22. The molecule has 1 aromatic carbocycles. The number of aromatic nitrogens is 4. The van der Waals surface area contributed by atoms with Gasteiger partial charge in [-0.2, -0.15) is 15.1 Å². The lowest BCUT2D eigenvalue weighted by molar-refractivity contribution is -0.149. The van der Waals surface area contributed by atoms with Crippen molar-refractivity contribution >= 4 is 48.2 Å². The van der Waals surface area contributed by atoms with E-state index in [-0.39, 0.29) is 28.7 Å². The molecule has 0 saturated carbocycles. The molecule has 1 saturated heterocycles. The summed E-state index contributed by atoms with van der Waals surface area (Å²) in [5.74, 6) is -0.376. The zero-order valence-corrected chi connectivity index (χ0v) is 23.7. The fourth-order valence-electron chi connectivity index (χ4n) is 3.89. The Balaban J connectivity index is 1.56. The Morgan fingerprint density at radius 2 is 2.02 bits per heavy atom. The summed E-state index contributed by atoms with van der Waals surface area (Å²) in [5.41, 5.74) is 6.12. The third kappa shape index (κ3) is 6.29. The highest BCUT2D eigenvalue weighted by Crippen LogP contribution is 2.49. The number of ether oxygens (including phenoxy) is 2. The third-order valence-electron chi connectivity index (χ3n) is 5.74. The number of nitrogen functional groups attached to an aromatic ring is 1. The number of nitrogens with zero attached hydrogens (tertiary/aromatic N) is 4. The number of fused-ring (bicyclic) bond motifs is 1. The van der Waals surface area contributed by atoms with Gasteiger partial charge in [-0.25, -0.2) is 13.9 Å². The van der Waals surface area contributed by atoms with Gasteiger partial charge in [0.1, 0.15) is 24.0 Å². The fourth-order valence-corrected chi connectivity index (χ4v) is 5.69. The van der Waals surface area contributed by atoms with Crippen molar-refractivity contribution in [2.24, 2.45) is 0 Å². The topological polar surface area (TPSA) is 185 Å². The number of esters is 1. The van der Waals surface area contributed by atoms with Gasteiger partial charge in [0.15, 0.2) is 23.2 Å². The third-order valence-corrected chi connectivity index (χ3v) is 7.80. The molecule has 0 spiro atoms. The van der Waals surface area contributed by atoms with E-state index in [9.17, 15) is 14.5 Å². The molecule has 1 aliphatic heterocycles. The zero-order chi connectivity index (χ0) is 29.2. The molecule has 218 valence electrons. The number of para-hydroxylation sites is 1. The van der Waals surface area contributed by atoms with Crippen LogP contribution in [0.4, 0.5) is 16.2 Å². The number of nitrogens with two attached hydrogens (primary N) is 1. The highest BCUT2D eigenvalue weighted by molar-refractivity contribution is 7.52.